The van der Waals surface area contributed by atoms with Gasteiger partial charge >= 0.3 is 0 Å². The summed E-state index contributed by atoms with van der Waals surface area (Å²) < 4.78 is 10.5. The van der Waals surface area contributed by atoms with Gasteiger partial charge in [0.1, 0.15) is 5.78 Å². The van der Waals surface area contributed by atoms with E-state index in [0.717, 1.165) is 17.9 Å². The minimum atomic E-state index is 0.220. The van der Waals surface area contributed by atoms with Crippen LogP contribution in [0.2, 0.25) is 0 Å². The van der Waals surface area contributed by atoms with Gasteiger partial charge in [-0.15, -0.1) is 0 Å². The van der Waals surface area contributed by atoms with Gasteiger partial charge in [-0.2, -0.15) is 0 Å². The Balaban J connectivity index is 2.16. The molecule has 1 aromatic carbocycles. The molecule has 0 N–H and O–H groups in total. The Labute approximate surface area is 102 Å². The highest BCUT2D eigenvalue weighted by atomic mass is 16.5. The molecule has 1 aromatic rings. The summed E-state index contributed by atoms with van der Waals surface area (Å²) in [6.45, 7) is 1.92. The molecule has 92 valence electrons. The van der Waals surface area contributed by atoms with E-state index in [-0.39, 0.29) is 5.92 Å². The smallest absolute Gasteiger partial charge is 0.160 e. The number of rotatable bonds is 5. The molecule has 2 atom stereocenters. The highest BCUT2D eigenvalue weighted by Gasteiger charge is 2.42. The molecule has 2 unspecified atom stereocenters. The molecular weight excluding hydrogens is 216 g/mol. The molecule has 3 nitrogen and oxygen atoms in total. The zero-order valence-electron chi connectivity index (χ0n) is 10.5. The predicted molar refractivity (Wildman–Crippen MR) is 65.7 cm³/mol. The minimum Gasteiger partial charge on any atom is -0.493 e. The average molecular weight is 234 g/mol. The van der Waals surface area contributed by atoms with Crippen LogP contribution in [-0.4, -0.2) is 20.0 Å². The lowest BCUT2D eigenvalue weighted by Gasteiger charge is -2.09. The van der Waals surface area contributed by atoms with E-state index >= 15 is 0 Å². The third-order valence-electron chi connectivity index (χ3n) is 3.39. The number of ketones is 1. The van der Waals surface area contributed by atoms with Crippen molar-refractivity contribution in [3.8, 4) is 11.5 Å². The van der Waals surface area contributed by atoms with E-state index in [4.69, 9.17) is 9.47 Å². The van der Waals surface area contributed by atoms with Crippen molar-refractivity contribution in [1.29, 1.82) is 0 Å². The maximum atomic E-state index is 11.6. The fraction of sp³-hybridized carbons (Fsp3) is 0.500. The Morgan fingerprint density at radius 1 is 1.29 bits per heavy atom. The molecule has 1 fully saturated rings. The molecule has 1 aliphatic carbocycles. The summed E-state index contributed by atoms with van der Waals surface area (Å²) >= 11 is 0. The molecule has 0 aliphatic heterocycles. The van der Waals surface area contributed by atoms with Crippen molar-refractivity contribution >= 4 is 5.78 Å². The lowest BCUT2D eigenvalue weighted by Crippen LogP contribution is -1.99. The highest BCUT2D eigenvalue weighted by molar-refractivity contribution is 5.84. The van der Waals surface area contributed by atoms with E-state index < -0.39 is 0 Å². The maximum absolute atomic E-state index is 11.6. The third kappa shape index (κ3) is 2.28. The van der Waals surface area contributed by atoms with Crippen molar-refractivity contribution in [3.05, 3.63) is 23.8 Å². The summed E-state index contributed by atoms with van der Waals surface area (Å²) in [4.78, 5) is 11.6. The van der Waals surface area contributed by atoms with Gasteiger partial charge in [-0.05, 0) is 30.0 Å². The summed E-state index contributed by atoms with van der Waals surface area (Å²) in [6.07, 6.45) is 1.61. The van der Waals surface area contributed by atoms with Gasteiger partial charge in [-0.1, -0.05) is 13.0 Å². The first-order valence-corrected chi connectivity index (χ1v) is 5.95. The van der Waals surface area contributed by atoms with E-state index in [1.807, 2.05) is 25.1 Å². The van der Waals surface area contributed by atoms with Crippen LogP contribution in [-0.2, 0) is 4.79 Å². The molecule has 1 aliphatic rings. The van der Waals surface area contributed by atoms with Crippen LogP contribution in [0.3, 0.4) is 0 Å². The van der Waals surface area contributed by atoms with Crippen molar-refractivity contribution in [3.63, 3.8) is 0 Å². The zero-order chi connectivity index (χ0) is 12.4. The van der Waals surface area contributed by atoms with E-state index in [1.54, 1.807) is 14.2 Å². The van der Waals surface area contributed by atoms with Gasteiger partial charge < -0.3 is 9.47 Å². The molecule has 0 amide bonds. The first-order valence-electron chi connectivity index (χ1n) is 5.95. The van der Waals surface area contributed by atoms with Crippen LogP contribution in [0, 0.1) is 5.92 Å². The van der Waals surface area contributed by atoms with Gasteiger partial charge in [0.15, 0.2) is 11.5 Å². The van der Waals surface area contributed by atoms with E-state index in [9.17, 15) is 4.79 Å². The molecule has 2 rings (SSSR count). The maximum Gasteiger partial charge on any atom is 0.160 e. The molecule has 17 heavy (non-hydrogen) atoms. The summed E-state index contributed by atoms with van der Waals surface area (Å²) in [7, 11) is 3.25. The Morgan fingerprint density at radius 3 is 2.59 bits per heavy atom. The molecule has 0 aromatic heterocycles. The van der Waals surface area contributed by atoms with Crippen molar-refractivity contribution in [2.75, 3.05) is 14.2 Å². The second kappa shape index (κ2) is 4.78. The van der Waals surface area contributed by atoms with Gasteiger partial charge in [0.05, 0.1) is 14.2 Å². The minimum absolute atomic E-state index is 0.220. The second-order valence-electron chi connectivity index (χ2n) is 4.38. The molecule has 0 heterocycles. The molecule has 1 saturated carbocycles. The van der Waals surface area contributed by atoms with Crippen LogP contribution >= 0.6 is 0 Å². The normalized spacial score (nSPS) is 22.1. The summed E-state index contributed by atoms with van der Waals surface area (Å²) in [5, 5.41) is 0. The number of hydrogen-bond acceptors (Lipinski definition) is 3. The van der Waals surface area contributed by atoms with Crippen molar-refractivity contribution in [1.82, 2.24) is 0 Å². The quantitative estimate of drug-likeness (QED) is 0.785. The number of carbonyl (C=O) groups is 1. The number of ether oxygens (including phenoxy) is 2. The molecule has 0 spiro atoms. The molecule has 0 saturated heterocycles. The number of benzene rings is 1. The zero-order valence-corrected chi connectivity index (χ0v) is 10.5. The first-order chi connectivity index (χ1) is 8.21. The number of Topliss-reactive ketones (excluding diaryl/α,β-unsaturated/α-hetero) is 1. The van der Waals surface area contributed by atoms with Crippen LogP contribution in [0.15, 0.2) is 18.2 Å². The van der Waals surface area contributed by atoms with Crippen molar-refractivity contribution in [2.45, 2.75) is 25.7 Å². The van der Waals surface area contributed by atoms with Crippen LogP contribution in [0.25, 0.3) is 0 Å². The van der Waals surface area contributed by atoms with Gasteiger partial charge in [-0.3, -0.25) is 4.79 Å². The predicted octanol–water partition coefficient (Wildman–Crippen LogP) is 2.79. The Hall–Kier alpha value is -1.51. The van der Waals surface area contributed by atoms with Gasteiger partial charge in [-0.25, -0.2) is 0 Å². The van der Waals surface area contributed by atoms with Crippen LogP contribution in [0.1, 0.15) is 31.2 Å². The van der Waals surface area contributed by atoms with Crippen molar-refractivity contribution in [2.24, 2.45) is 5.92 Å². The number of hydrogen-bond donors (Lipinski definition) is 0. The summed E-state index contributed by atoms with van der Waals surface area (Å²) in [5.41, 5.74) is 1.18. The Morgan fingerprint density at radius 2 is 2.00 bits per heavy atom. The third-order valence-corrected chi connectivity index (χ3v) is 3.39. The van der Waals surface area contributed by atoms with Gasteiger partial charge in [0.25, 0.3) is 0 Å². The summed E-state index contributed by atoms with van der Waals surface area (Å²) in [5.74, 6) is 2.43. The van der Waals surface area contributed by atoms with Crippen LogP contribution in [0.4, 0.5) is 0 Å². The lowest BCUT2D eigenvalue weighted by atomic mass is 10.1. The summed E-state index contributed by atoms with van der Waals surface area (Å²) in [6, 6.07) is 5.90. The number of methoxy groups -OCH3 is 2. The van der Waals surface area contributed by atoms with Crippen LogP contribution in [0.5, 0.6) is 11.5 Å². The largest absolute Gasteiger partial charge is 0.493 e. The van der Waals surface area contributed by atoms with Crippen molar-refractivity contribution < 1.29 is 14.3 Å². The van der Waals surface area contributed by atoms with E-state index in [0.29, 0.717) is 18.1 Å². The Bertz CT molecular complexity index is 425. The fourth-order valence-electron chi connectivity index (χ4n) is 2.26. The van der Waals surface area contributed by atoms with Gasteiger partial charge in [0.2, 0.25) is 0 Å². The Kier molecular flexibility index (Phi) is 3.36. The average Bonchev–Trinajstić information content (AvgIpc) is 3.17. The van der Waals surface area contributed by atoms with E-state index in [1.165, 1.54) is 5.56 Å². The molecular formula is C14H18O3. The standard InChI is InChI=1S/C14H18O3/c1-4-12(15)11-8-10(11)9-5-6-13(16-2)14(7-9)17-3/h5-7,10-11H,4,8H2,1-3H3. The molecule has 0 bridgehead atoms. The first kappa shape index (κ1) is 12.0. The highest BCUT2D eigenvalue weighted by Crippen LogP contribution is 2.49. The fourth-order valence-corrected chi connectivity index (χ4v) is 2.26. The molecule has 0 radical (unpaired) electrons. The second-order valence-corrected chi connectivity index (χ2v) is 4.38. The van der Waals surface area contributed by atoms with Crippen LogP contribution < -0.4 is 9.47 Å². The lowest BCUT2D eigenvalue weighted by molar-refractivity contribution is -0.120. The van der Waals surface area contributed by atoms with E-state index in [2.05, 4.69) is 0 Å². The topological polar surface area (TPSA) is 35.5 Å². The van der Waals surface area contributed by atoms with Gasteiger partial charge in [0, 0.05) is 12.3 Å². The SMILES string of the molecule is CCC(=O)C1CC1c1ccc(OC)c(OC)c1. The molecule has 3 heteroatoms. The monoisotopic (exact) mass is 234 g/mol. The number of carbonyl (C=O) groups excluding carboxylic acids is 1.